The van der Waals surface area contributed by atoms with Gasteiger partial charge in [0.1, 0.15) is 11.4 Å². The molecule has 2 heterocycles. The fraction of sp³-hybridized carbons (Fsp3) is 0. The number of nitrogens with zero attached hydrogens (tertiary/aromatic N) is 2. The van der Waals surface area contributed by atoms with Crippen molar-refractivity contribution in [3.05, 3.63) is 112 Å². The number of fused-ring (bicyclic) bond motifs is 2. The molecule has 0 saturated carbocycles. The standard InChI is InChI=1S/C26H16N2O5/c29-22-12-6-4-10-19(22)23(30)15-13-20(16-7-1-2-8-17(16)26(32)33)24-27-21-11-5-3-9-18(21)25(31)28(24)14-15/h1-14,29H,(H,32,33). The number of carboxylic acid groups (broad SMARTS) is 1. The summed E-state index contributed by atoms with van der Waals surface area (Å²) in [5.41, 5.74) is 1.10. The first kappa shape index (κ1) is 20.1. The van der Waals surface area contributed by atoms with Gasteiger partial charge in [0.2, 0.25) is 0 Å². The molecule has 2 aromatic heterocycles. The number of hydrogen-bond acceptors (Lipinski definition) is 5. The van der Waals surface area contributed by atoms with Crippen LogP contribution >= 0.6 is 0 Å². The van der Waals surface area contributed by atoms with Crippen LogP contribution in [-0.4, -0.2) is 31.4 Å². The molecule has 0 aliphatic carbocycles. The van der Waals surface area contributed by atoms with Crippen LogP contribution in [0.4, 0.5) is 0 Å². The van der Waals surface area contributed by atoms with Crippen molar-refractivity contribution in [2.24, 2.45) is 0 Å². The van der Waals surface area contributed by atoms with Crippen molar-refractivity contribution in [2.45, 2.75) is 0 Å². The second-order valence-corrected chi connectivity index (χ2v) is 7.47. The normalized spacial score (nSPS) is 11.0. The molecule has 0 bridgehead atoms. The van der Waals surface area contributed by atoms with Crippen molar-refractivity contribution < 1.29 is 19.8 Å². The minimum atomic E-state index is -1.15. The summed E-state index contributed by atoms with van der Waals surface area (Å²) in [4.78, 5) is 43.1. The van der Waals surface area contributed by atoms with Gasteiger partial charge in [-0.3, -0.25) is 14.0 Å². The summed E-state index contributed by atoms with van der Waals surface area (Å²) in [6.45, 7) is 0. The largest absolute Gasteiger partial charge is 0.507 e. The number of benzene rings is 3. The average Bonchev–Trinajstić information content (AvgIpc) is 2.83. The number of hydrogen-bond donors (Lipinski definition) is 2. The Labute approximate surface area is 186 Å². The Bertz CT molecular complexity index is 1650. The molecule has 0 unspecified atom stereocenters. The zero-order chi connectivity index (χ0) is 23.1. The summed E-state index contributed by atoms with van der Waals surface area (Å²) >= 11 is 0. The molecule has 5 aromatic rings. The molecule has 0 amide bonds. The average molecular weight is 436 g/mol. The topological polar surface area (TPSA) is 109 Å². The molecular formula is C26H16N2O5. The lowest BCUT2D eigenvalue weighted by atomic mass is 9.96. The number of pyridine rings is 1. The summed E-state index contributed by atoms with van der Waals surface area (Å²) in [5, 5.41) is 20.3. The van der Waals surface area contributed by atoms with E-state index >= 15 is 0 Å². The van der Waals surface area contributed by atoms with Gasteiger partial charge in [-0.15, -0.1) is 0 Å². The molecule has 2 N–H and O–H groups in total. The first-order valence-corrected chi connectivity index (χ1v) is 10.1. The lowest BCUT2D eigenvalue weighted by Crippen LogP contribution is -2.18. The third-order valence-electron chi connectivity index (χ3n) is 5.48. The van der Waals surface area contributed by atoms with E-state index in [0.717, 1.165) is 0 Å². The third kappa shape index (κ3) is 3.32. The van der Waals surface area contributed by atoms with Gasteiger partial charge in [0.15, 0.2) is 5.78 Å². The minimum absolute atomic E-state index is 0.00830. The van der Waals surface area contributed by atoms with Gasteiger partial charge in [-0.2, -0.15) is 0 Å². The predicted octanol–water partition coefficient (Wildman–Crippen LogP) is 4.15. The summed E-state index contributed by atoms with van der Waals surface area (Å²) in [7, 11) is 0. The van der Waals surface area contributed by atoms with Crippen LogP contribution in [0.25, 0.3) is 27.7 Å². The Kier molecular flexibility index (Phi) is 4.71. The highest BCUT2D eigenvalue weighted by molar-refractivity contribution is 6.12. The number of carbonyl (C=O) groups is 2. The van der Waals surface area contributed by atoms with Gasteiger partial charge >= 0.3 is 5.97 Å². The number of ketones is 1. The number of para-hydroxylation sites is 2. The van der Waals surface area contributed by atoms with E-state index < -0.39 is 17.3 Å². The van der Waals surface area contributed by atoms with E-state index in [9.17, 15) is 24.6 Å². The number of carbonyl (C=O) groups excluding carboxylic acids is 1. The van der Waals surface area contributed by atoms with Crippen molar-refractivity contribution in [1.82, 2.24) is 9.38 Å². The second-order valence-electron chi connectivity index (χ2n) is 7.47. The van der Waals surface area contributed by atoms with Crippen molar-refractivity contribution in [1.29, 1.82) is 0 Å². The van der Waals surface area contributed by atoms with E-state index in [1.165, 1.54) is 34.9 Å². The first-order valence-electron chi connectivity index (χ1n) is 10.1. The zero-order valence-corrected chi connectivity index (χ0v) is 17.1. The molecule has 0 spiro atoms. The number of rotatable bonds is 4. The van der Waals surface area contributed by atoms with E-state index in [-0.39, 0.29) is 28.1 Å². The molecule has 0 aliphatic heterocycles. The van der Waals surface area contributed by atoms with Crippen LogP contribution in [0.3, 0.4) is 0 Å². The number of aromatic nitrogens is 2. The molecule has 3 aromatic carbocycles. The maximum atomic E-state index is 13.3. The number of phenols is 1. The highest BCUT2D eigenvalue weighted by atomic mass is 16.4. The highest BCUT2D eigenvalue weighted by Gasteiger charge is 2.21. The predicted molar refractivity (Wildman–Crippen MR) is 123 cm³/mol. The molecule has 160 valence electrons. The summed E-state index contributed by atoms with van der Waals surface area (Å²) < 4.78 is 1.25. The van der Waals surface area contributed by atoms with Gasteiger partial charge in [-0.05, 0) is 42.0 Å². The van der Waals surface area contributed by atoms with E-state index in [0.29, 0.717) is 22.0 Å². The van der Waals surface area contributed by atoms with Crippen LogP contribution < -0.4 is 5.56 Å². The molecule has 0 saturated heterocycles. The van der Waals surface area contributed by atoms with Crippen LogP contribution in [0, 0.1) is 0 Å². The van der Waals surface area contributed by atoms with Gasteiger partial charge < -0.3 is 10.2 Å². The lowest BCUT2D eigenvalue weighted by Gasteiger charge is -2.14. The Hall–Kier alpha value is -4.78. The quantitative estimate of drug-likeness (QED) is 0.324. The Morgan fingerprint density at radius 3 is 2.24 bits per heavy atom. The first-order chi connectivity index (χ1) is 16.0. The molecular weight excluding hydrogens is 420 g/mol. The molecule has 5 rings (SSSR count). The Morgan fingerprint density at radius 1 is 0.818 bits per heavy atom. The molecule has 0 atom stereocenters. The highest BCUT2D eigenvalue weighted by Crippen LogP contribution is 2.30. The van der Waals surface area contributed by atoms with Gasteiger partial charge in [0.05, 0.1) is 22.0 Å². The maximum absolute atomic E-state index is 13.3. The minimum Gasteiger partial charge on any atom is -0.507 e. The van der Waals surface area contributed by atoms with Crippen LogP contribution in [0.1, 0.15) is 26.3 Å². The second kappa shape index (κ2) is 7.72. The van der Waals surface area contributed by atoms with Crippen molar-refractivity contribution >= 4 is 28.3 Å². The van der Waals surface area contributed by atoms with Crippen molar-refractivity contribution in [3.8, 4) is 16.9 Å². The molecule has 0 fully saturated rings. The molecule has 33 heavy (non-hydrogen) atoms. The van der Waals surface area contributed by atoms with Crippen LogP contribution in [0.5, 0.6) is 5.75 Å². The van der Waals surface area contributed by atoms with Gasteiger partial charge in [0.25, 0.3) is 5.56 Å². The number of phenolic OH excluding ortho intramolecular Hbond substituents is 1. The molecule has 7 heteroatoms. The molecule has 7 nitrogen and oxygen atoms in total. The zero-order valence-electron chi connectivity index (χ0n) is 17.1. The monoisotopic (exact) mass is 436 g/mol. The smallest absolute Gasteiger partial charge is 0.336 e. The number of carboxylic acids is 1. The number of aromatic carboxylic acids is 1. The fourth-order valence-electron chi connectivity index (χ4n) is 3.90. The van der Waals surface area contributed by atoms with E-state index in [1.807, 2.05) is 0 Å². The van der Waals surface area contributed by atoms with E-state index in [2.05, 4.69) is 4.98 Å². The Morgan fingerprint density at radius 2 is 1.48 bits per heavy atom. The fourth-order valence-corrected chi connectivity index (χ4v) is 3.90. The van der Waals surface area contributed by atoms with Gasteiger partial charge in [-0.1, -0.05) is 42.5 Å². The van der Waals surface area contributed by atoms with Crippen LogP contribution in [0.2, 0.25) is 0 Å². The number of aromatic hydroxyl groups is 1. The third-order valence-corrected chi connectivity index (χ3v) is 5.48. The summed E-state index contributed by atoms with van der Waals surface area (Å²) in [6, 6.07) is 20.7. The SMILES string of the molecule is O=C(c1cc(-c2ccccc2C(=O)O)c2nc3ccccc3c(=O)n2c1)c1ccccc1O. The molecule has 0 aliphatic rings. The van der Waals surface area contributed by atoms with E-state index in [4.69, 9.17) is 0 Å². The van der Waals surface area contributed by atoms with Crippen molar-refractivity contribution in [3.63, 3.8) is 0 Å². The maximum Gasteiger partial charge on any atom is 0.336 e. The van der Waals surface area contributed by atoms with Crippen molar-refractivity contribution in [2.75, 3.05) is 0 Å². The summed E-state index contributed by atoms with van der Waals surface area (Å²) in [6.07, 6.45) is 1.37. The Balaban J connectivity index is 1.90. The van der Waals surface area contributed by atoms with Crippen LogP contribution in [0.15, 0.2) is 89.9 Å². The summed E-state index contributed by atoms with van der Waals surface area (Å²) in [5.74, 6) is -1.85. The van der Waals surface area contributed by atoms with E-state index in [1.54, 1.807) is 54.6 Å². The van der Waals surface area contributed by atoms with Gasteiger partial charge in [0, 0.05) is 17.3 Å². The van der Waals surface area contributed by atoms with Crippen LogP contribution in [-0.2, 0) is 0 Å². The molecule has 0 radical (unpaired) electrons. The lowest BCUT2D eigenvalue weighted by molar-refractivity contribution is 0.0697. The van der Waals surface area contributed by atoms with Gasteiger partial charge in [-0.25, -0.2) is 9.78 Å².